The van der Waals surface area contributed by atoms with Crippen molar-refractivity contribution in [2.24, 2.45) is 10.8 Å². The molecule has 0 atom stereocenters. The fourth-order valence-electron chi connectivity index (χ4n) is 2.59. The van der Waals surface area contributed by atoms with Gasteiger partial charge in [-0.1, -0.05) is 32.9 Å². The SMILES string of the molecule is Cc1cccc(C(=O)O)c1OC(=O)C(C)(C)CC(C)(C)C. The van der Waals surface area contributed by atoms with Gasteiger partial charge in [0.2, 0.25) is 0 Å². The summed E-state index contributed by atoms with van der Waals surface area (Å²) in [5.41, 5.74) is -0.0649. The Morgan fingerprint density at radius 1 is 1.14 bits per heavy atom. The van der Waals surface area contributed by atoms with Gasteiger partial charge in [-0.2, -0.15) is 0 Å². The largest absolute Gasteiger partial charge is 0.478 e. The summed E-state index contributed by atoms with van der Waals surface area (Å²) in [4.78, 5) is 23.7. The summed E-state index contributed by atoms with van der Waals surface area (Å²) in [6, 6.07) is 4.80. The molecule has 4 heteroatoms. The van der Waals surface area contributed by atoms with E-state index >= 15 is 0 Å². The minimum absolute atomic E-state index is 0.00917. The van der Waals surface area contributed by atoms with Crippen LogP contribution in [0.4, 0.5) is 0 Å². The van der Waals surface area contributed by atoms with E-state index in [0.717, 1.165) is 0 Å². The molecule has 0 spiro atoms. The molecular weight excluding hydrogens is 268 g/mol. The van der Waals surface area contributed by atoms with Crippen LogP contribution in [0.2, 0.25) is 0 Å². The van der Waals surface area contributed by atoms with E-state index in [1.807, 2.05) is 13.8 Å². The van der Waals surface area contributed by atoms with Crippen LogP contribution < -0.4 is 4.74 Å². The number of carboxylic acids is 1. The van der Waals surface area contributed by atoms with Crippen LogP contribution in [0, 0.1) is 17.8 Å². The Kier molecular flexibility index (Phi) is 4.82. The second-order valence-corrected chi connectivity index (χ2v) is 7.27. The van der Waals surface area contributed by atoms with E-state index in [1.165, 1.54) is 6.07 Å². The van der Waals surface area contributed by atoms with Crippen LogP contribution in [0.15, 0.2) is 18.2 Å². The highest BCUT2D eigenvalue weighted by Gasteiger charge is 2.35. The summed E-state index contributed by atoms with van der Waals surface area (Å²) in [5.74, 6) is -1.37. The first-order valence-corrected chi connectivity index (χ1v) is 6.99. The van der Waals surface area contributed by atoms with Gasteiger partial charge in [-0.15, -0.1) is 0 Å². The molecule has 1 N–H and O–H groups in total. The number of esters is 1. The predicted octanol–water partition coefficient (Wildman–Crippen LogP) is 4.06. The molecular formula is C17H24O4. The van der Waals surface area contributed by atoms with Crippen molar-refractivity contribution in [2.75, 3.05) is 0 Å². The minimum Gasteiger partial charge on any atom is -0.478 e. The van der Waals surface area contributed by atoms with Gasteiger partial charge in [-0.25, -0.2) is 4.79 Å². The van der Waals surface area contributed by atoms with Crippen molar-refractivity contribution in [1.82, 2.24) is 0 Å². The highest BCUT2D eigenvalue weighted by Crippen LogP contribution is 2.35. The lowest BCUT2D eigenvalue weighted by molar-refractivity contribution is -0.145. The molecule has 0 aliphatic carbocycles. The molecule has 21 heavy (non-hydrogen) atoms. The van der Waals surface area contributed by atoms with Gasteiger partial charge in [-0.05, 0) is 44.2 Å². The van der Waals surface area contributed by atoms with E-state index in [9.17, 15) is 14.7 Å². The van der Waals surface area contributed by atoms with Crippen molar-refractivity contribution in [3.63, 3.8) is 0 Å². The Balaban J connectivity index is 3.06. The summed E-state index contributed by atoms with van der Waals surface area (Å²) >= 11 is 0. The molecule has 0 aliphatic heterocycles. The van der Waals surface area contributed by atoms with Gasteiger partial charge in [-0.3, -0.25) is 4.79 Å². The number of aryl methyl sites for hydroxylation is 1. The average molecular weight is 292 g/mol. The second-order valence-electron chi connectivity index (χ2n) is 7.27. The minimum atomic E-state index is -1.10. The van der Waals surface area contributed by atoms with Crippen molar-refractivity contribution in [1.29, 1.82) is 0 Å². The van der Waals surface area contributed by atoms with E-state index < -0.39 is 17.4 Å². The monoisotopic (exact) mass is 292 g/mol. The molecule has 0 aliphatic rings. The fourth-order valence-corrected chi connectivity index (χ4v) is 2.59. The molecule has 0 fully saturated rings. The van der Waals surface area contributed by atoms with Gasteiger partial charge >= 0.3 is 11.9 Å². The Hall–Kier alpha value is -1.84. The van der Waals surface area contributed by atoms with Crippen molar-refractivity contribution in [3.05, 3.63) is 29.3 Å². The highest BCUT2D eigenvalue weighted by atomic mass is 16.5. The van der Waals surface area contributed by atoms with Crippen LogP contribution >= 0.6 is 0 Å². The van der Waals surface area contributed by atoms with Gasteiger partial charge < -0.3 is 9.84 Å². The number of benzene rings is 1. The van der Waals surface area contributed by atoms with Crippen LogP contribution in [-0.2, 0) is 4.79 Å². The van der Waals surface area contributed by atoms with Crippen molar-refractivity contribution < 1.29 is 19.4 Å². The van der Waals surface area contributed by atoms with E-state index in [2.05, 4.69) is 20.8 Å². The molecule has 4 nitrogen and oxygen atoms in total. The Labute approximate surface area is 126 Å². The van der Waals surface area contributed by atoms with Crippen LogP contribution in [-0.4, -0.2) is 17.0 Å². The number of carbonyl (C=O) groups excluding carboxylic acids is 1. The van der Waals surface area contributed by atoms with Crippen molar-refractivity contribution >= 4 is 11.9 Å². The zero-order chi connectivity index (χ0) is 16.4. The standard InChI is InChI=1S/C17H24O4/c1-11-8-7-9-12(14(18)19)13(11)21-15(20)17(5,6)10-16(2,3)4/h7-9H,10H2,1-6H3,(H,18,19). The summed E-state index contributed by atoms with van der Waals surface area (Å²) in [6.07, 6.45) is 0.646. The highest BCUT2D eigenvalue weighted by molar-refractivity contribution is 5.93. The third-order valence-corrected chi connectivity index (χ3v) is 3.16. The normalized spacial score (nSPS) is 12.1. The number of aromatic carboxylic acids is 1. The van der Waals surface area contributed by atoms with Gasteiger partial charge in [0.1, 0.15) is 11.3 Å². The lowest BCUT2D eigenvalue weighted by atomic mass is 9.76. The van der Waals surface area contributed by atoms with Gasteiger partial charge in [0.15, 0.2) is 0 Å². The third-order valence-electron chi connectivity index (χ3n) is 3.16. The van der Waals surface area contributed by atoms with E-state index in [0.29, 0.717) is 12.0 Å². The molecule has 0 aromatic heterocycles. The zero-order valence-electron chi connectivity index (χ0n) is 13.6. The van der Waals surface area contributed by atoms with Crippen molar-refractivity contribution in [2.45, 2.75) is 48.0 Å². The van der Waals surface area contributed by atoms with Gasteiger partial charge in [0.05, 0.1) is 5.41 Å². The molecule has 1 rings (SSSR count). The summed E-state index contributed by atoms with van der Waals surface area (Å²) in [7, 11) is 0. The lowest BCUT2D eigenvalue weighted by Gasteiger charge is -2.30. The number of rotatable bonds is 4. The molecule has 0 heterocycles. The molecule has 1 aromatic carbocycles. The van der Waals surface area contributed by atoms with Crippen LogP contribution in [0.3, 0.4) is 0 Å². The van der Waals surface area contributed by atoms with Crippen LogP contribution in [0.5, 0.6) is 5.75 Å². The maximum absolute atomic E-state index is 12.4. The third kappa shape index (κ3) is 4.59. The van der Waals surface area contributed by atoms with E-state index in [-0.39, 0.29) is 16.7 Å². The maximum atomic E-state index is 12.4. The quantitative estimate of drug-likeness (QED) is 0.671. The van der Waals surface area contributed by atoms with Crippen LogP contribution in [0.25, 0.3) is 0 Å². The molecule has 0 radical (unpaired) electrons. The summed E-state index contributed by atoms with van der Waals surface area (Å²) in [6.45, 7) is 11.5. The molecule has 0 saturated heterocycles. The molecule has 0 bridgehead atoms. The Bertz CT molecular complexity index is 550. The van der Waals surface area contributed by atoms with E-state index in [4.69, 9.17) is 4.74 Å². The van der Waals surface area contributed by atoms with Crippen molar-refractivity contribution in [3.8, 4) is 5.75 Å². The first kappa shape index (κ1) is 17.2. The number of hydrogen-bond acceptors (Lipinski definition) is 3. The number of para-hydroxylation sites is 1. The van der Waals surface area contributed by atoms with Gasteiger partial charge in [0.25, 0.3) is 0 Å². The first-order chi connectivity index (χ1) is 9.44. The molecule has 0 amide bonds. The Morgan fingerprint density at radius 3 is 2.19 bits per heavy atom. The zero-order valence-corrected chi connectivity index (χ0v) is 13.6. The molecule has 116 valence electrons. The predicted molar refractivity (Wildman–Crippen MR) is 81.6 cm³/mol. The topological polar surface area (TPSA) is 63.6 Å². The van der Waals surface area contributed by atoms with Crippen LogP contribution in [0.1, 0.15) is 57.0 Å². The lowest BCUT2D eigenvalue weighted by Crippen LogP contribution is -2.33. The number of carboxylic acid groups (broad SMARTS) is 1. The summed E-state index contributed by atoms with van der Waals surface area (Å²) in [5, 5.41) is 9.20. The number of carbonyl (C=O) groups is 2. The average Bonchev–Trinajstić information content (AvgIpc) is 2.28. The number of hydrogen-bond donors (Lipinski definition) is 1. The molecule has 1 aromatic rings. The second kappa shape index (κ2) is 5.88. The van der Waals surface area contributed by atoms with Gasteiger partial charge in [0, 0.05) is 0 Å². The first-order valence-electron chi connectivity index (χ1n) is 6.99. The molecule has 0 saturated carbocycles. The fraction of sp³-hybridized carbons (Fsp3) is 0.529. The number of ether oxygens (including phenoxy) is 1. The summed E-state index contributed by atoms with van der Waals surface area (Å²) < 4.78 is 5.43. The molecule has 0 unspecified atom stereocenters. The maximum Gasteiger partial charge on any atom is 0.339 e. The Morgan fingerprint density at radius 2 is 1.71 bits per heavy atom. The smallest absolute Gasteiger partial charge is 0.339 e. The van der Waals surface area contributed by atoms with E-state index in [1.54, 1.807) is 19.1 Å².